The summed E-state index contributed by atoms with van der Waals surface area (Å²) in [4.78, 5) is 14.7. The van der Waals surface area contributed by atoms with Gasteiger partial charge in [0.05, 0.1) is 24.6 Å². The van der Waals surface area contributed by atoms with Crippen molar-refractivity contribution in [2.45, 2.75) is 6.61 Å². The summed E-state index contributed by atoms with van der Waals surface area (Å²) < 4.78 is 13.0. The van der Waals surface area contributed by atoms with Gasteiger partial charge in [0.2, 0.25) is 0 Å². The van der Waals surface area contributed by atoms with Gasteiger partial charge in [0.15, 0.2) is 0 Å². The molecule has 190 valence electrons. The Labute approximate surface area is 226 Å². The number of carbonyl (C=O) groups excluding carboxylic acids is 1. The summed E-state index contributed by atoms with van der Waals surface area (Å²) in [5.41, 5.74) is 4.10. The van der Waals surface area contributed by atoms with Gasteiger partial charge in [0, 0.05) is 35.4 Å². The van der Waals surface area contributed by atoms with Crippen LogP contribution in [0, 0.1) is 11.3 Å². The molecule has 0 radical (unpaired) electrons. The monoisotopic (exact) mass is 524 g/mol. The third kappa shape index (κ3) is 5.94. The molecule has 7 nitrogen and oxygen atoms in total. The predicted molar refractivity (Wildman–Crippen MR) is 146 cm³/mol. The highest BCUT2D eigenvalue weighted by Crippen LogP contribution is 2.28. The molecule has 1 amide bonds. The molecule has 4 aromatic rings. The molecule has 0 aliphatic carbocycles. The molecule has 3 aromatic carbocycles. The third-order valence-electron chi connectivity index (χ3n) is 6.16. The van der Waals surface area contributed by atoms with Crippen molar-refractivity contribution in [2.75, 3.05) is 26.3 Å². The first-order chi connectivity index (χ1) is 18.6. The van der Waals surface area contributed by atoms with Crippen molar-refractivity contribution in [1.82, 2.24) is 14.7 Å². The van der Waals surface area contributed by atoms with Gasteiger partial charge in [-0.15, -0.1) is 0 Å². The molecule has 1 saturated heterocycles. The highest BCUT2D eigenvalue weighted by Gasteiger charge is 2.22. The highest BCUT2D eigenvalue weighted by molar-refractivity contribution is 6.30. The molecule has 0 saturated carbocycles. The molecule has 5 rings (SSSR count). The first-order valence-electron chi connectivity index (χ1n) is 12.2. The summed E-state index contributed by atoms with van der Waals surface area (Å²) in [5, 5.41) is 15.3. The Balaban J connectivity index is 1.44. The van der Waals surface area contributed by atoms with Crippen LogP contribution in [0.5, 0.6) is 5.75 Å². The van der Waals surface area contributed by atoms with Gasteiger partial charge in [-0.25, -0.2) is 4.68 Å². The lowest BCUT2D eigenvalue weighted by atomic mass is 10.1. The van der Waals surface area contributed by atoms with Crippen LogP contribution >= 0.6 is 11.6 Å². The van der Waals surface area contributed by atoms with Crippen LogP contribution in [0.1, 0.15) is 11.1 Å². The van der Waals surface area contributed by atoms with Gasteiger partial charge < -0.3 is 14.4 Å². The van der Waals surface area contributed by atoms with E-state index in [1.54, 1.807) is 15.7 Å². The number of hydrogen-bond donors (Lipinski definition) is 0. The van der Waals surface area contributed by atoms with E-state index in [0.29, 0.717) is 54.9 Å². The second kappa shape index (κ2) is 11.8. The quantitative estimate of drug-likeness (QED) is 0.234. The van der Waals surface area contributed by atoms with Crippen molar-refractivity contribution in [1.29, 1.82) is 5.26 Å². The molecule has 0 atom stereocenters. The fourth-order valence-electron chi connectivity index (χ4n) is 4.12. The van der Waals surface area contributed by atoms with Crippen molar-refractivity contribution in [3.05, 3.63) is 107 Å². The lowest BCUT2D eigenvalue weighted by molar-refractivity contribution is -0.130. The van der Waals surface area contributed by atoms with Crippen LogP contribution < -0.4 is 4.74 Å². The molecule has 1 fully saturated rings. The van der Waals surface area contributed by atoms with Crippen LogP contribution in [0.15, 0.2) is 90.6 Å². The van der Waals surface area contributed by atoms with E-state index in [4.69, 9.17) is 26.2 Å². The molecule has 1 aliphatic heterocycles. The maximum atomic E-state index is 13.0. The summed E-state index contributed by atoms with van der Waals surface area (Å²) in [6.07, 6.45) is 3.45. The topological polar surface area (TPSA) is 80.4 Å². The van der Waals surface area contributed by atoms with E-state index in [9.17, 15) is 10.1 Å². The van der Waals surface area contributed by atoms with Gasteiger partial charge in [-0.1, -0.05) is 41.9 Å². The first-order valence-corrected chi connectivity index (χ1v) is 12.6. The van der Waals surface area contributed by atoms with E-state index in [0.717, 1.165) is 16.8 Å². The van der Waals surface area contributed by atoms with Crippen molar-refractivity contribution in [3.63, 3.8) is 0 Å². The number of aromatic nitrogens is 2. The lowest BCUT2D eigenvalue weighted by Gasteiger charge is -2.26. The number of amides is 1. The van der Waals surface area contributed by atoms with Gasteiger partial charge in [0.1, 0.15) is 24.0 Å². The first kappa shape index (κ1) is 25.3. The lowest BCUT2D eigenvalue weighted by Crippen LogP contribution is -2.41. The second-order valence-corrected chi connectivity index (χ2v) is 9.16. The zero-order chi connectivity index (χ0) is 26.3. The van der Waals surface area contributed by atoms with Gasteiger partial charge in [-0.3, -0.25) is 4.79 Å². The van der Waals surface area contributed by atoms with Crippen LogP contribution in [0.2, 0.25) is 5.02 Å². The molecule has 8 heteroatoms. The summed E-state index contributed by atoms with van der Waals surface area (Å²) >= 11 is 5.96. The number of ether oxygens (including phenoxy) is 2. The van der Waals surface area contributed by atoms with Gasteiger partial charge in [-0.2, -0.15) is 10.4 Å². The Morgan fingerprint density at radius 2 is 1.74 bits per heavy atom. The summed E-state index contributed by atoms with van der Waals surface area (Å²) in [5.74, 6) is 0.406. The SMILES string of the molecule is N#C/C(=C\c1cn(-c2ccccc2)nc1-c1ccc(OCc2ccc(Cl)cc2)cc1)C(=O)N1CCOCC1. The number of carbonyl (C=O) groups is 1. The molecule has 1 aromatic heterocycles. The smallest absolute Gasteiger partial charge is 0.264 e. The van der Waals surface area contributed by atoms with Crippen LogP contribution in [0.3, 0.4) is 0 Å². The molecular weight excluding hydrogens is 500 g/mol. The largest absolute Gasteiger partial charge is 0.489 e. The zero-order valence-electron chi connectivity index (χ0n) is 20.6. The molecule has 0 bridgehead atoms. The number of morpholine rings is 1. The molecular formula is C30H25ClN4O3. The molecule has 0 spiro atoms. The highest BCUT2D eigenvalue weighted by atomic mass is 35.5. The molecule has 2 heterocycles. The van der Waals surface area contributed by atoms with Crippen molar-refractivity contribution in [2.24, 2.45) is 0 Å². The number of nitriles is 1. The number of benzene rings is 3. The summed E-state index contributed by atoms with van der Waals surface area (Å²) in [6.45, 7) is 2.28. The van der Waals surface area contributed by atoms with Gasteiger partial charge in [-0.05, 0) is 60.2 Å². The van der Waals surface area contributed by atoms with Crippen molar-refractivity contribution < 1.29 is 14.3 Å². The van der Waals surface area contributed by atoms with E-state index in [2.05, 4.69) is 6.07 Å². The van der Waals surface area contributed by atoms with E-state index in [1.807, 2.05) is 85.1 Å². The molecule has 38 heavy (non-hydrogen) atoms. The minimum absolute atomic E-state index is 0.0590. The van der Waals surface area contributed by atoms with Crippen LogP contribution in [-0.4, -0.2) is 46.9 Å². The van der Waals surface area contributed by atoms with E-state index < -0.39 is 0 Å². The third-order valence-corrected chi connectivity index (χ3v) is 6.41. The average molecular weight is 525 g/mol. The average Bonchev–Trinajstić information content (AvgIpc) is 3.40. The fraction of sp³-hybridized carbons (Fsp3) is 0.167. The van der Waals surface area contributed by atoms with E-state index in [1.165, 1.54) is 0 Å². The Kier molecular flexibility index (Phi) is 7.84. The summed E-state index contributed by atoms with van der Waals surface area (Å²) in [7, 11) is 0. The molecule has 1 aliphatic rings. The Bertz CT molecular complexity index is 1470. The molecule has 0 unspecified atom stereocenters. The number of rotatable bonds is 7. The van der Waals surface area contributed by atoms with Crippen LogP contribution in [-0.2, 0) is 16.1 Å². The number of nitrogens with zero attached hydrogens (tertiary/aromatic N) is 4. The maximum Gasteiger partial charge on any atom is 0.264 e. The van der Waals surface area contributed by atoms with Crippen LogP contribution in [0.4, 0.5) is 0 Å². The standard InChI is InChI=1S/C30H25ClN4O3/c31-26-10-6-22(7-11-26)21-38-28-12-8-23(9-13-28)29-25(20-35(33-29)27-4-2-1-3-5-27)18-24(19-32)30(36)34-14-16-37-17-15-34/h1-13,18,20H,14-17,21H2/b24-18+. The minimum Gasteiger partial charge on any atom is -0.489 e. The fourth-order valence-corrected chi connectivity index (χ4v) is 4.25. The zero-order valence-corrected chi connectivity index (χ0v) is 21.3. The van der Waals surface area contributed by atoms with Crippen LogP contribution in [0.25, 0.3) is 23.0 Å². The number of para-hydroxylation sites is 1. The van der Waals surface area contributed by atoms with Gasteiger partial charge in [0.25, 0.3) is 5.91 Å². The van der Waals surface area contributed by atoms with Gasteiger partial charge >= 0.3 is 0 Å². The molecule has 0 N–H and O–H groups in total. The second-order valence-electron chi connectivity index (χ2n) is 8.73. The Hall–Kier alpha value is -4.38. The number of hydrogen-bond acceptors (Lipinski definition) is 5. The summed E-state index contributed by atoms with van der Waals surface area (Å²) in [6, 6.07) is 26.9. The van der Waals surface area contributed by atoms with Crippen molar-refractivity contribution >= 4 is 23.6 Å². The van der Waals surface area contributed by atoms with E-state index >= 15 is 0 Å². The van der Waals surface area contributed by atoms with E-state index in [-0.39, 0.29) is 11.5 Å². The Morgan fingerprint density at radius 3 is 2.42 bits per heavy atom. The normalized spacial score (nSPS) is 13.7. The van der Waals surface area contributed by atoms with Crippen molar-refractivity contribution in [3.8, 4) is 28.8 Å². The minimum atomic E-state index is -0.305. The number of halogens is 1. The Morgan fingerprint density at radius 1 is 1.03 bits per heavy atom. The maximum absolute atomic E-state index is 13.0. The predicted octanol–water partition coefficient (Wildman–Crippen LogP) is 5.54.